The van der Waals surface area contributed by atoms with Crippen LogP contribution >= 0.6 is 11.3 Å². The molecule has 1 aromatic rings. The molecule has 1 aromatic heterocycles. The van der Waals surface area contributed by atoms with Crippen LogP contribution in [0.3, 0.4) is 0 Å². The molecule has 2 heterocycles. The van der Waals surface area contributed by atoms with E-state index in [1.807, 2.05) is 0 Å². The molecule has 0 radical (unpaired) electrons. The Morgan fingerprint density at radius 2 is 1.87 bits per heavy atom. The lowest BCUT2D eigenvalue weighted by atomic mass is 9.95. The molecule has 1 aliphatic carbocycles. The van der Waals surface area contributed by atoms with E-state index in [4.69, 9.17) is 4.74 Å². The van der Waals surface area contributed by atoms with Gasteiger partial charge in [-0.3, -0.25) is 9.69 Å². The van der Waals surface area contributed by atoms with Crippen LogP contribution < -0.4 is 5.32 Å². The molecule has 6 heteroatoms. The van der Waals surface area contributed by atoms with Gasteiger partial charge in [-0.05, 0) is 57.2 Å². The van der Waals surface area contributed by atoms with Gasteiger partial charge >= 0.3 is 5.97 Å². The van der Waals surface area contributed by atoms with Crippen LogP contribution in [-0.2, 0) is 22.4 Å². The molecule has 126 valence electrons. The third-order valence-electron chi connectivity index (χ3n) is 4.63. The molecule has 0 spiro atoms. The third kappa shape index (κ3) is 3.75. The highest BCUT2D eigenvalue weighted by molar-refractivity contribution is 7.17. The number of hydrogen-bond donors (Lipinski definition) is 1. The van der Waals surface area contributed by atoms with E-state index in [9.17, 15) is 9.59 Å². The van der Waals surface area contributed by atoms with Gasteiger partial charge in [-0.2, -0.15) is 0 Å². The highest BCUT2D eigenvalue weighted by Crippen LogP contribution is 2.38. The van der Waals surface area contributed by atoms with E-state index in [1.54, 1.807) is 11.3 Å². The van der Waals surface area contributed by atoms with E-state index in [2.05, 4.69) is 10.2 Å². The van der Waals surface area contributed by atoms with Crippen molar-refractivity contribution in [1.82, 2.24) is 4.90 Å². The first-order chi connectivity index (χ1) is 11.2. The first-order valence-corrected chi connectivity index (χ1v) is 9.25. The van der Waals surface area contributed by atoms with Gasteiger partial charge in [0.25, 0.3) is 0 Å². The maximum atomic E-state index is 12.4. The van der Waals surface area contributed by atoms with Crippen molar-refractivity contribution >= 4 is 28.2 Å². The van der Waals surface area contributed by atoms with E-state index in [0.29, 0.717) is 17.1 Å². The van der Waals surface area contributed by atoms with Gasteiger partial charge in [0.05, 0.1) is 19.2 Å². The fourth-order valence-electron chi connectivity index (χ4n) is 3.46. The fourth-order valence-corrected chi connectivity index (χ4v) is 4.75. The number of ether oxygens (including phenoxy) is 1. The molecule has 2 aliphatic rings. The Hall–Kier alpha value is -1.40. The number of fused-ring (bicyclic) bond motifs is 1. The molecule has 0 atom stereocenters. The number of anilines is 1. The topological polar surface area (TPSA) is 58.6 Å². The summed E-state index contributed by atoms with van der Waals surface area (Å²) in [7, 11) is 1.40. The standard InChI is InChI=1S/C17H24N2O3S/c1-22-17(21)15-12-7-3-4-8-13(12)23-16(15)18-14(20)11-19-9-5-2-6-10-19/h2-11H2,1H3,(H,18,20). The van der Waals surface area contributed by atoms with Crippen molar-refractivity contribution < 1.29 is 14.3 Å². The summed E-state index contributed by atoms with van der Waals surface area (Å²) in [5.74, 6) is -0.367. The molecular formula is C17H24N2O3S. The highest BCUT2D eigenvalue weighted by Gasteiger charge is 2.27. The molecule has 3 rings (SSSR count). The lowest BCUT2D eigenvalue weighted by molar-refractivity contribution is -0.117. The van der Waals surface area contributed by atoms with Crippen molar-refractivity contribution in [3.63, 3.8) is 0 Å². The average molecular weight is 336 g/mol. The Kier molecular flexibility index (Phi) is 5.33. The molecule has 1 saturated heterocycles. The molecule has 0 unspecified atom stereocenters. The van der Waals surface area contributed by atoms with Crippen LogP contribution in [-0.4, -0.2) is 43.5 Å². The summed E-state index contributed by atoms with van der Waals surface area (Å²) in [6, 6.07) is 0. The van der Waals surface area contributed by atoms with Crippen LogP contribution in [0.4, 0.5) is 5.00 Å². The summed E-state index contributed by atoms with van der Waals surface area (Å²) in [6.07, 6.45) is 7.71. The van der Waals surface area contributed by atoms with Crippen LogP contribution in [0.15, 0.2) is 0 Å². The summed E-state index contributed by atoms with van der Waals surface area (Å²) >= 11 is 1.54. The molecule has 0 aromatic carbocycles. The maximum absolute atomic E-state index is 12.4. The first-order valence-electron chi connectivity index (χ1n) is 8.44. The van der Waals surface area contributed by atoms with E-state index >= 15 is 0 Å². The van der Waals surface area contributed by atoms with Crippen LogP contribution in [0.1, 0.15) is 52.9 Å². The number of methoxy groups -OCH3 is 1. The molecule has 1 N–H and O–H groups in total. The van der Waals surface area contributed by atoms with Crippen molar-refractivity contribution in [2.75, 3.05) is 32.1 Å². The second-order valence-corrected chi connectivity index (χ2v) is 7.40. The predicted molar refractivity (Wildman–Crippen MR) is 91.2 cm³/mol. The van der Waals surface area contributed by atoms with Gasteiger partial charge in [0.2, 0.25) is 5.91 Å². The smallest absolute Gasteiger partial charge is 0.341 e. The summed E-state index contributed by atoms with van der Waals surface area (Å²) in [6.45, 7) is 2.37. The lowest BCUT2D eigenvalue weighted by Crippen LogP contribution is -2.36. The van der Waals surface area contributed by atoms with Crippen LogP contribution in [0.5, 0.6) is 0 Å². The number of amides is 1. The van der Waals surface area contributed by atoms with Crippen LogP contribution in [0, 0.1) is 0 Å². The summed E-state index contributed by atoms with van der Waals surface area (Å²) < 4.78 is 4.94. The fraction of sp³-hybridized carbons (Fsp3) is 0.647. The van der Waals surface area contributed by atoms with Gasteiger partial charge in [0, 0.05) is 4.88 Å². The molecule has 23 heavy (non-hydrogen) atoms. The minimum absolute atomic E-state index is 0.0318. The number of likely N-dealkylation sites (tertiary alicyclic amines) is 1. The van der Waals surface area contributed by atoms with Gasteiger partial charge in [0.1, 0.15) is 5.00 Å². The average Bonchev–Trinajstić information content (AvgIpc) is 2.92. The van der Waals surface area contributed by atoms with Crippen molar-refractivity contribution in [3.05, 3.63) is 16.0 Å². The van der Waals surface area contributed by atoms with E-state index in [1.165, 1.54) is 18.4 Å². The number of hydrogen-bond acceptors (Lipinski definition) is 5. The Balaban J connectivity index is 1.74. The van der Waals surface area contributed by atoms with Gasteiger partial charge in [0.15, 0.2) is 0 Å². The molecule has 1 aliphatic heterocycles. The monoisotopic (exact) mass is 336 g/mol. The second kappa shape index (κ2) is 7.45. The van der Waals surface area contributed by atoms with Crippen molar-refractivity contribution in [1.29, 1.82) is 0 Å². The number of nitrogens with zero attached hydrogens (tertiary/aromatic N) is 1. The SMILES string of the molecule is COC(=O)c1c(NC(=O)CN2CCCCC2)sc2c1CCCC2. The summed E-state index contributed by atoms with van der Waals surface area (Å²) in [4.78, 5) is 27.9. The van der Waals surface area contributed by atoms with Gasteiger partial charge < -0.3 is 10.1 Å². The quantitative estimate of drug-likeness (QED) is 0.859. The van der Waals surface area contributed by atoms with Gasteiger partial charge in [-0.1, -0.05) is 6.42 Å². The van der Waals surface area contributed by atoms with Crippen LogP contribution in [0.25, 0.3) is 0 Å². The van der Waals surface area contributed by atoms with E-state index in [0.717, 1.165) is 57.2 Å². The van der Waals surface area contributed by atoms with Crippen LogP contribution in [0.2, 0.25) is 0 Å². The minimum atomic E-state index is -0.335. The second-order valence-electron chi connectivity index (χ2n) is 6.29. The van der Waals surface area contributed by atoms with Gasteiger partial charge in [-0.25, -0.2) is 4.79 Å². The number of thiophene rings is 1. The molecule has 5 nitrogen and oxygen atoms in total. The Morgan fingerprint density at radius 1 is 1.13 bits per heavy atom. The van der Waals surface area contributed by atoms with Crippen molar-refractivity contribution in [2.45, 2.75) is 44.9 Å². The zero-order chi connectivity index (χ0) is 16.2. The Morgan fingerprint density at radius 3 is 2.61 bits per heavy atom. The number of esters is 1. The minimum Gasteiger partial charge on any atom is -0.465 e. The molecule has 1 fully saturated rings. The number of aryl methyl sites for hydroxylation is 1. The van der Waals surface area contributed by atoms with Crippen molar-refractivity contribution in [3.8, 4) is 0 Å². The van der Waals surface area contributed by atoms with Crippen molar-refractivity contribution in [2.24, 2.45) is 0 Å². The number of rotatable bonds is 4. The molecule has 1 amide bonds. The summed E-state index contributed by atoms with van der Waals surface area (Å²) in [5, 5.41) is 3.64. The summed E-state index contributed by atoms with van der Waals surface area (Å²) in [5.41, 5.74) is 1.67. The zero-order valence-corrected chi connectivity index (χ0v) is 14.5. The number of nitrogens with one attached hydrogen (secondary N) is 1. The lowest BCUT2D eigenvalue weighted by Gasteiger charge is -2.25. The zero-order valence-electron chi connectivity index (χ0n) is 13.7. The maximum Gasteiger partial charge on any atom is 0.341 e. The molecule has 0 saturated carbocycles. The number of carbonyl (C=O) groups excluding carboxylic acids is 2. The van der Waals surface area contributed by atoms with E-state index < -0.39 is 0 Å². The predicted octanol–water partition coefficient (Wildman–Crippen LogP) is 2.84. The normalized spacial score (nSPS) is 18.3. The highest BCUT2D eigenvalue weighted by atomic mass is 32.1. The third-order valence-corrected chi connectivity index (χ3v) is 5.84. The van der Waals surface area contributed by atoms with E-state index in [-0.39, 0.29) is 11.9 Å². The number of piperidine rings is 1. The number of carbonyl (C=O) groups is 2. The first kappa shape index (κ1) is 16.5. The van der Waals surface area contributed by atoms with Gasteiger partial charge in [-0.15, -0.1) is 11.3 Å². The molecule has 0 bridgehead atoms. The largest absolute Gasteiger partial charge is 0.465 e. The Bertz CT molecular complexity index is 591. The Labute approximate surface area is 141 Å². The molecular weight excluding hydrogens is 312 g/mol.